The zero-order chi connectivity index (χ0) is 12.2. The van der Waals surface area contributed by atoms with E-state index in [1.165, 1.54) is 0 Å². The Hall–Kier alpha value is -1.04. The van der Waals surface area contributed by atoms with Gasteiger partial charge >= 0.3 is 0 Å². The fourth-order valence-electron chi connectivity index (χ4n) is 2.72. The van der Waals surface area contributed by atoms with Gasteiger partial charge < -0.3 is 5.32 Å². The van der Waals surface area contributed by atoms with Gasteiger partial charge in [0.2, 0.25) is 5.91 Å². The summed E-state index contributed by atoms with van der Waals surface area (Å²) in [6.45, 7) is 9.66. The van der Waals surface area contributed by atoms with Crippen molar-refractivity contribution in [3.8, 4) is 6.07 Å². The van der Waals surface area contributed by atoms with E-state index >= 15 is 0 Å². The number of carbonyl (C=O) groups excluding carboxylic acids is 1. The minimum Gasteiger partial charge on any atom is -0.354 e. The lowest BCUT2D eigenvalue weighted by Crippen LogP contribution is -2.33. The van der Waals surface area contributed by atoms with Crippen LogP contribution in [-0.2, 0) is 4.79 Å². The topological polar surface area (TPSA) is 52.9 Å². The minimum absolute atomic E-state index is 0.0616. The molecule has 0 aromatic carbocycles. The molecule has 2 rings (SSSR count). The zero-order valence-electron chi connectivity index (χ0n) is 10.6. The molecule has 0 unspecified atom stereocenters. The van der Waals surface area contributed by atoms with E-state index in [9.17, 15) is 4.79 Å². The third kappa shape index (κ3) is 1.36. The van der Waals surface area contributed by atoms with Gasteiger partial charge in [0.1, 0.15) is 5.41 Å². The molecule has 2 aliphatic carbocycles. The van der Waals surface area contributed by atoms with E-state index in [0.717, 1.165) is 12.8 Å². The van der Waals surface area contributed by atoms with Gasteiger partial charge in [-0.15, -0.1) is 0 Å². The number of nitriles is 1. The first-order valence-corrected chi connectivity index (χ1v) is 5.97. The molecular weight excluding hydrogens is 200 g/mol. The molecule has 2 fully saturated rings. The zero-order valence-corrected chi connectivity index (χ0v) is 10.6. The summed E-state index contributed by atoms with van der Waals surface area (Å²) in [5.74, 6) is 0.465. The second-order valence-electron chi connectivity index (χ2n) is 6.40. The standard InChI is InChI=1S/C13H20N2O/c1-11(2)9(12(11,3)4)7-15-10(16)13(8-14)5-6-13/h9H,5-7H2,1-4H3,(H,15,16). The van der Waals surface area contributed by atoms with Crippen molar-refractivity contribution < 1.29 is 4.79 Å². The molecule has 0 aromatic rings. The van der Waals surface area contributed by atoms with E-state index in [2.05, 4.69) is 39.1 Å². The molecule has 3 heteroatoms. The number of hydrogen-bond donors (Lipinski definition) is 1. The lowest BCUT2D eigenvalue weighted by molar-refractivity contribution is -0.124. The van der Waals surface area contributed by atoms with Crippen molar-refractivity contribution in [3.05, 3.63) is 0 Å². The quantitative estimate of drug-likeness (QED) is 0.791. The van der Waals surface area contributed by atoms with Crippen LogP contribution >= 0.6 is 0 Å². The van der Waals surface area contributed by atoms with Gasteiger partial charge in [-0.05, 0) is 29.6 Å². The van der Waals surface area contributed by atoms with Gasteiger partial charge in [0, 0.05) is 6.54 Å². The SMILES string of the molecule is CC1(C)C(CNC(=O)C2(C#N)CC2)C1(C)C. The molecule has 0 atom stereocenters. The van der Waals surface area contributed by atoms with Gasteiger partial charge in [-0.3, -0.25) is 4.79 Å². The van der Waals surface area contributed by atoms with Gasteiger partial charge in [0.15, 0.2) is 0 Å². The van der Waals surface area contributed by atoms with Gasteiger partial charge in [0.05, 0.1) is 6.07 Å². The number of nitrogens with zero attached hydrogens (tertiary/aromatic N) is 1. The highest BCUT2D eigenvalue weighted by atomic mass is 16.2. The summed E-state index contributed by atoms with van der Waals surface area (Å²) in [5.41, 5.74) is -0.0869. The molecule has 1 N–H and O–H groups in total. The molecule has 0 radical (unpaired) electrons. The molecule has 88 valence electrons. The number of nitrogens with one attached hydrogen (secondary N) is 1. The Labute approximate surface area is 97.2 Å². The maximum absolute atomic E-state index is 11.8. The normalized spacial score (nSPS) is 27.9. The van der Waals surface area contributed by atoms with E-state index in [1.807, 2.05) is 0 Å². The number of rotatable bonds is 3. The van der Waals surface area contributed by atoms with E-state index in [4.69, 9.17) is 5.26 Å². The van der Waals surface area contributed by atoms with E-state index in [1.54, 1.807) is 0 Å². The molecule has 0 aromatic heterocycles. The molecular formula is C13H20N2O. The van der Waals surface area contributed by atoms with Gasteiger partial charge in [-0.2, -0.15) is 5.26 Å². The van der Waals surface area contributed by atoms with Crippen LogP contribution in [0.2, 0.25) is 0 Å². The highest BCUT2D eigenvalue weighted by Gasteiger charge is 2.64. The second kappa shape index (κ2) is 3.00. The Morgan fingerprint density at radius 1 is 1.31 bits per heavy atom. The smallest absolute Gasteiger partial charge is 0.240 e. The molecule has 16 heavy (non-hydrogen) atoms. The maximum Gasteiger partial charge on any atom is 0.240 e. The van der Waals surface area contributed by atoms with Crippen LogP contribution in [0.5, 0.6) is 0 Å². The summed E-state index contributed by atoms with van der Waals surface area (Å²) in [6, 6.07) is 2.13. The number of amides is 1. The number of carbonyl (C=O) groups is 1. The van der Waals surface area contributed by atoms with Crippen molar-refractivity contribution in [3.63, 3.8) is 0 Å². The first-order valence-electron chi connectivity index (χ1n) is 5.97. The maximum atomic E-state index is 11.8. The Balaban J connectivity index is 1.87. The van der Waals surface area contributed by atoms with E-state index in [0.29, 0.717) is 23.3 Å². The summed E-state index contributed by atoms with van der Waals surface area (Å²) in [5, 5.41) is 11.9. The molecule has 1 amide bonds. The van der Waals surface area contributed by atoms with Crippen molar-refractivity contribution in [2.45, 2.75) is 40.5 Å². The highest BCUT2D eigenvalue weighted by molar-refractivity contribution is 5.88. The molecule has 0 bridgehead atoms. The summed E-state index contributed by atoms with van der Waals surface area (Å²) in [7, 11) is 0. The predicted octanol–water partition coefficient (Wildman–Crippen LogP) is 2.09. The van der Waals surface area contributed by atoms with Crippen LogP contribution in [-0.4, -0.2) is 12.5 Å². The van der Waals surface area contributed by atoms with Crippen LogP contribution in [0.25, 0.3) is 0 Å². The summed E-state index contributed by atoms with van der Waals surface area (Å²) in [6.07, 6.45) is 1.46. The third-order valence-corrected chi connectivity index (χ3v) is 5.19. The van der Waals surface area contributed by atoms with Crippen molar-refractivity contribution in [2.75, 3.05) is 6.54 Å². The predicted molar refractivity (Wildman–Crippen MR) is 61.3 cm³/mol. The average molecular weight is 220 g/mol. The van der Waals surface area contributed by atoms with Gasteiger partial charge in [-0.25, -0.2) is 0 Å². The molecule has 0 spiro atoms. The lowest BCUT2D eigenvalue weighted by Gasteiger charge is -2.08. The largest absolute Gasteiger partial charge is 0.354 e. The number of hydrogen-bond acceptors (Lipinski definition) is 2. The van der Waals surface area contributed by atoms with Gasteiger partial charge in [-0.1, -0.05) is 27.7 Å². The van der Waals surface area contributed by atoms with Crippen LogP contribution < -0.4 is 5.32 Å². The first kappa shape index (κ1) is 11.4. The van der Waals surface area contributed by atoms with Gasteiger partial charge in [0.25, 0.3) is 0 Å². The molecule has 0 aliphatic heterocycles. The molecule has 3 nitrogen and oxygen atoms in total. The summed E-state index contributed by atoms with van der Waals surface area (Å²) < 4.78 is 0. The first-order chi connectivity index (χ1) is 7.28. The Bertz CT molecular complexity index is 358. The Kier molecular flexibility index (Phi) is 2.15. The molecule has 2 saturated carbocycles. The lowest BCUT2D eigenvalue weighted by atomic mass is 10.0. The third-order valence-electron chi connectivity index (χ3n) is 5.19. The molecule has 0 saturated heterocycles. The van der Waals surface area contributed by atoms with Crippen LogP contribution in [0.3, 0.4) is 0 Å². The summed E-state index contributed by atoms with van der Waals surface area (Å²) >= 11 is 0. The fourth-order valence-corrected chi connectivity index (χ4v) is 2.72. The van der Waals surface area contributed by atoms with Crippen LogP contribution in [0.1, 0.15) is 40.5 Å². The second-order valence-corrected chi connectivity index (χ2v) is 6.40. The molecule has 0 heterocycles. The fraction of sp³-hybridized carbons (Fsp3) is 0.846. The minimum atomic E-state index is -0.677. The van der Waals surface area contributed by atoms with Crippen molar-refractivity contribution in [1.29, 1.82) is 5.26 Å². The van der Waals surface area contributed by atoms with Crippen LogP contribution in [0, 0.1) is 33.5 Å². The van der Waals surface area contributed by atoms with Crippen molar-refractivity contribution >= 4 is 5.91 Å². The monoisotopic (exact) mass is 220 g/mol. The van der Waals surface area contributed by atoms with E-state index < -0.39 is 5.41 Å². The van der Waals surface area contributed by atoms with Crippen LogP contribution in [0.15, 0.2) is 0 Å². The highest BCUT2D eigenvalue weighted by Crippen LogP contribution is 2.68. The average Bonchev–Trinajstić information content (AvgIpc) is 3.04. The van der Waals surface area contributed by atoms with Crippen LogP contribution in [0.4, 0.5) is 0 Å². The van der Waals surface area contributed by atoms with Crippen molar-refractivity contribution in [2.24, 2.45) is 22.2 Å². The molecule has 2 aliphatic rings. The Morgan fingerprint density at radius 2 is 1.81 bits per heavy atom. The van der Waals surface area contributed by atoms with Crippen molar-refractivity contribution in [1.82, 2.24) is 5.32 Å². The van der Waals surface area contributed by atoms with E-state index in [-0.39, 0.29) is 5.91 Å². The summed E-state index contributed by atoms with van der Waals surface area (Å²) in [4.78, 5) is 11.8. The Morgan fingerprint density at radius 3 is 2.12 bits per heavy atom.